The van der Waals surface area contributed by atoms with Crippen molar-refractivity contribution in [2.24, 2.45) is 11.7 Å². The number of carboxylic acid groups (broad SMARTS) is 1. The molecule has 0 saturated heterocycles. The average Bonchev–Trinajstić information content (AvgIpc) is 2.67. The van der Waals surface area contributed by atoms with E-state index in [4.69, 9.17) is 10.5 Å². The van der Waals surface area contributed by atoms with Gasteiger partial charge in [0.2, 0.25) is 11.8 Å². The van der Waals surface area contributed by atoms with Crippen LogP contribution in [0.2, 0.25) is 0 Å². The molecule has 0 spiro atoms. The summed E-state index contributed by atoms with van der Waals surface area (Å²) in [5.74, 6) is -1.34. The highest BCUT2D eigenvalue weighted by atomic mass is 16.5. The molecule has 4 amide bonds. The molecule has 1 aliphatic rings. The van der Waals surface area contributed by atoms with Gasteiger partial charge in [-0.2, -0.15) is 0 Å². The van der Waals surface area contributed by atoms with Crippen molar-refractivity contribution in [3.63, 3.8) is 0 Å². The van der Waals surface area contributed by atoms with E-state index in [1.807, 2.05) is 0 Å². The maximum Gasteiger partial charge on any atom is 0.405 e. The fourth-order valence-electron chi connectivity index (χ4n) is 3.83. The second-order valence-electron chi connectivity index (χ2n) is 9.30. The monoisotopic (exact) mass is 457 g/mol. The quantitative estimate of drug-likeness (QED) is 0.185. The molecule has 0 radical (unpaired) electrons. The van der Waals surface area contributed by atoms with Gasteiger partial charge in [-0.25, -0.2) is 10.2 Å². The Bertz CT molecular complexity index is 645. The van der Waals surface area contributed by atoms with Crippen LogP contribution in [0.3, 0.4) is 0 Å². The molecule has 0 aromatic heterocycles. The summed E-state index contributed by atoms with van der Waals surface area (Å²) in [5, 5.41) is 14.1. The third-order valence-electron chi connectivity index (χ3n) is 5.21. The maximum absolute atomic E-state index is 13.0. The fraction of sp³-hybridized carbons (Fsp3) is 0.810. The van der Waals surface area contributed by atoms with E-state index in [-0.39, 0.29) is 18.9 Å². The molecule has 184 valence electrons. The van der Waals surface area contributed by atoms with Crippen LogP contribution in [0.4, 0.5) is 4.79 Å². The highest BCUT2D eigenvalue weighted by Gasteiger charge is 2.34. The summed E-state index contributed by atoms with van der Waals surface area (Å²) >= 11 is 0. The number of carbonyl (C=O) groups is 4. The first-order valence-corrected chi connectivity index (χ1v) is 11.2. The zero-order valence-electron chi connectivity index (χ0n) is 19.5. The van der Waals surface area contributed by atoms with Crippen LogP contribution >= 0.6 is 0 Å². The second kappa shape index (κ2) is 13.2. The zero-order chi connectivity index (χ0) is 24.3. The molecule has 1 aliphatic carbocycles. The van der Waals surface area contributed by atoms with E-state index in [9.17, 15) is 24.3 Å². The number of hydrogen-bond acceptors (Lipinski definition) is 6. The van der Waals surface area contributed by atoms with Crippen LogP contribution in [0.1, 0.15) is 72.6 Å². The second-order valence-corrected chi connectivity index (χ2v) is 9.30. The lowest BCUT2D eigenvalue weighted by atomic mass is 9.84. The first kappa shape index (κ1) is 27.6. The van der Waals surface area contributed by atoms with E-state index in [0.717, 1.165) is 32.1 Å². The van der Waals surface area contributed by atoms with Crippen molar-refractivity contribution >= 4 is 23.8 Å². The number of nitrogens with one attached hydrogen (secondary N) is 4. The van der Waals surface area contributed by atoms with Gasteiger partial charge in [0.1, 0.15) is 12.1 Å². The lowest BCUT2D eigenvalue weighted by Crippen LogP contribution is -2.59. The Labute approximate surface area is 189 Å². The molecule has 7 N–H and O–H groups in total. The lowest BCUT2D eigenvalue weighted by Gasteiger charge is -2.32. The molecule has 0 aromatic carbocycles. The van der Waals surface area contributed by atoms with Gasteiger partial charge >= 0.3 is 6.09 Å². The number of ether oxygens (including phenoxy) is 1. The van der Waals surface area contributed by atoms with E-state index >= 15 is 0 Å². The van der Waals surface area contributed by atoms with E-state index in [1.54, 1.807) is 27.7 Å². The Morgan fingerprint density at radius 2 is 1.69 bits per heavy atom. The number of rotatable bonds is 12. The lowest BCUT2D eigenvalue weighted by molar-refractivity contribution is -0.135. The Balaban J connectivity index is 2.89. The molecule has 0 heterocycles. The fourth-order valence-corrected chi connectivity index (χ4v) is 3.83. The van der Waals surface area contributed by atoms with Crippen molar-refractivity contribution in [3.8, 4) is 0 Å². The normalized spacial score (nSPS) is 17.6. The summed E-state index contributed by atoms with van der Waals surface area (Å²) in [6.07, 6.45) is 3.59. The smallest absolute Gasteiger partial charge is 0.405 e. The minimum atomic E-state index is -1.36. The van der Waals surface area contributed by atoms with Gasteiger partial charge < -0.3 is 26.2 Å². The Morgan fingerprint density at radius 3 is 2.22 bits per heavy atom. The maximum atomic E-state index is 13.0. The molecule has 0 bridgehead atoms. The molecule has 11 nitrogen and oxygen atoms in total. The number of hydrazine groups is 1. The largest absolute Gasteiger partial charge is 0.465 e. The standard InChI is InChI=1S/C21H39N5O6/c1-13(32-21(2,3)4)17(25-20(30)31)19(29)24-15(12-14-8-6-5-7-9-14)18(28)26-23-11-10-16(22)27/h13-15,17,23,25H,5-12H2,1-4H3,(H2,22,27)(H,24,29)(H,26,28)(H,30,31)/t13-,15+,17+/m1/s1. The minimum absolute atomic E-state index is 0.0478. The first-order valence-electron chi connectivity index (χ1n) is 11.2. The van der Waals surface area contributed by atoms with Gasteiger partial charge in [-0.15, -0.1) is 0 Å². The molecule has 1 saturated carbocycles. The van der Waals surface area contributed by atoms with Crippen molar-refractivity contribution in [1.82, 2.24) is 21.5 Å². The molecular formula is C21H39N5O6. The molecule has 3 atom stereocenters. The van der Waals surface area contributed by atoms with Crippen molar-refractivity contribution in [3.05, 3.63) is 0 Å². The summed E-state index contributed by atoms with van der Waals surface area (Å²) < 4.78 is 5.77. The predicted molar refractivity (Wildman–Crippen MR) is 118 cm³/mol. The van der Waals surface area contributed by atoms with Crippen LogP contribution < -0.4 is 27.2 Å². The van der Waals surface area contributed by atoms with Crippen molar-refractivity contribution < 1.29 is 29.0 Å². The van der Waals surface area contributed by atoms with E-state index in [1.165, 1.54) is 0 Å². The third-order valence-corrected chi connectivity index (χ3v) is 5.21. The number of hydrogen-bond donors (Lipinski definition) is 6. The first-order chi connectivity index (χ1) is 14.9. The predicted octanol–water partition coefficient (Wildman–Crippen LogP) is 0.778. The van der Waals surface area contributed by atoms with Crippen LogP contribution in [0, 0.1) is 5.92 Å². The van der Waals surface area contributed by atoms with E-state index in [0.29, 0.717) is 6.42 Å². The Morgan fingerprint density at radius 1 is 1.06 bits per heavy atom. The van der Waals surface area contributed by atoms with Crippen LogP contribution in [0.15, 0.2) is 0 Å². The highest BCUT2D eigenvalue weighted by Crippen LogP contribution is 2.27. The van der Waals surface area contributed by atoms with Crippen molar-refractivity contribution in [1.29, 1.82) is 0 Å². The van der Waals surface area contributed by atoms with Crippen molar-refractivity contribution in [2.75, 3.05) is 6.54 Å². The number of amides is 4. The number of primary amides is 1. The SMILES string of the molecule is C[C@@H](OC(C)(C)C)[C@H](NC(=O)O)C(=O)N[C@@H](CC1CCCCC1)C(=O)NNCCC(N)=O. The highest BCUT2D eigenvalue weighted by molar-refractivity contribution is 5.91. The number of nitrogens with two attached hydrogens (primary N) is 1. The van der Waals surface area contributed by atoms with Crippen LogP contribution in [-0.4, -0.2) is 59.3 Å². The van der Waals surface area contributed by atoms with Crippen LogP contribution in [0.5, 0.6) is 0 Å². The topological polar surface area (TPSA) is 172 Å². The van der Waals surface area contributed by atoms with Crippen LogP contribution in [-0.2, 0) is 19.1 Å². The van der Waals surface area contributed by atoms with Gasteiger partial charge in [0.05, 0.1) is 11.7 Å². The molecule has 1 fully saturated rings. The van der Waals surface area contributed by atoms with Gasteiger partial charge in [0.15, 0.2) is 0 Å². The molecular weight excluding hydrogens is 418 g/mol. The summed E-state index contributed by atoms with van der Waals surface area (Å²) in [6.45, 7) is 7.17. The van der Waals surface area contributed by atoms with Crippen molar-refractivity contribution in [2.45, 2.75) is 96.4 Å². The van der Waals surface area contributed by atoms with Gasteiger partial charge in [0, 0.05) is 13.0 Å². The summed E-state index contributed by atoms with van der Waals surface area (Å²) in [7, 11) is 0. The number of carbonyl (C=O) groups excluding carboxylic acids is 3. The molecule has 1 rings (SSSR count). The molecule has 0 aliphatic heterocycles. The molecule has 0 unspecified atom stereocenters. The zero-order valence-corrected chi connectivity index (χ0v) is 19.5. The van der Waals surface area contributed by atoms with Gasteiger partial charge in [-0.1, -0.05) is 32.1 Å². The Hall–Kier alpha value is -2.40. The van der Waals surface area contributed by atoms with Crippen LogP contribution in [0.25, 0.3) is 0 Å². The Kier molecular flexibility index (Phi) is 11.4. The van der Waals surface area contributed by atoms with Gasteiger partial charge in [0.25, 0.3) is 5.91 Å². The summed E-state index contributed by atoms with van der Waals surface area (Å²) in [4.78, 5) is 47.9. The summed E-state index contributed by atoms with van der Waals surface area (Å²) in [5.41, 5.74) is 9.63. The summed E-state index contributed by atoms with van der Waals surface area (Å²) in [6, 6.07) is -2.07. The minimum Gasteiger partial charge on any atom is -0.465 e. The third kappa shape index (κ3) is 11.3. The molecule has 11 heteroatoms. The molecule has 32 heavy (non-hydrogen) atoms. The van der Waals surface area contributed by atoms with E-state index in [2.05, 4.69) is 21.5 Å². The van der Waals surface area contributed by atoms with Gasteiger partial charge in [-0.3, -0.25) is 19.8 Å². The van der Waals surface area contributed by atoms with E-state index < -0.39 is 47.6 Å². The average molecular weight is 458 g/mol. The van der Waals surface area contributed by atoms with Gasteiger partial charge in [-0.05, 0) is 40.0 Å². The molecule has 0 aromatic rings.